The van der Waals surface area contributed by atoms with Crippen molar-refractivity contribution in [1.82, 2.24) is 25.5 Å². The third-order valence-corrected chi connectivity index (χ3v) is 3.11. The molecule has 2 aromatic rings. The molecule has 0 fully saturated rings. The van der Waals surface area contributed by atoms with Gasteiger partial charge in [0, 0.05) is 12.7 Å². The molecule has 0 aliphatic rings. The van der Waals surface area contributed by atoms with E-state index >= 15 is 0 Å². The van der Waals surface area contributed by atoms with Crippen molar-refractivity contribution in [3.8, 4) is 0 Å². The molecule has 0 saturated heterocycles. The predicted molar refractivity (Wildman–Crippen MR) is 71.3 cm³/mol. The second kappa shape index (κ2) is 6.51. The Morgan fingerprint density at radius 3 is 2.83 bits per heavy atom. The molecular formula is C12H17N5S. The molecule has 2 rings (SSSR count). The Morgan fingerprint density at radius 1 is 1.33 bits per heavy atom. The summed E-state index contributed by atoms with van der Waals surface area (Å²) in [5.74, 6) is 0.666. The summed E-state index contributed by atoms with van der Waals surface area (Å²) in [6.07, 6.45) is 3.39. The van der Waals surface area contributed by atoms with Gasteiger partial charge in [0.2, 0.25) is 0 Å². The molecule has 0 saturated carbocycles. The maximum atomic E-state index is 4.39. The highest BCUT2D eigenvalue weighted by molar-refractivity contribution is 7.99. The average molecular weight is 263 g/mol. The van der Waals surface area contributed by atoms with E-state index in [1.54, 1.807) is 0 Å². The number of hydrogen-bond donors (Lipinski definition) is 2. The number of nitrogens with one attached hydrogen (secondary N) is 2. The molecule has 0 spiro atoms. The van der Waals surface area contributed by atoms with Gasteiger partial charge in [0.1, 0.15) is 11.4 Å². The molecule has 0 aliphatic heterocycles. The number of nitrogens with zero attached hydrogens (tertiary/aromatic N) is 3. The lowest BCUT2D eigenvalue weighted by molar-refractivity contribution is 0.551. The summed E-state index contributed by atoms with van der Waals surface area (Å²) in [7, 11) is 0. The van der Waals surface area contributed by atoms with Crippen molar-refractivity contribution in [3.63, 3.8) is 0 Å². The van der Waals surface area contributed by atoms with Crippen LogP contribution in [0.2, 0.25) is 0 Å². The zero-order valence-corrected chi connectivity index (χ0v) is 11.4. The van der Waals surface area contributed by atoms with Gasteiger partial charge in [-0.25, -0.2) is 9.97 Å². The van der Waals surface area contributed by atoms with Gasteiger partial charge >= 0.3 is 0 Å². The average Bonchev–Trinajstić information content (AvgIpc) is 2.84. The fraction of sp³-hybridized carbons (Fsp3) is 0.417. The molecule has 0 radical (unpaired) electrons. The molecule has 0 amide bonds. The minimum Gasteiger partial charge on any atom is -0.312 e. The van der Waals surface area contributed by atoms with Crippen molar-refractivity contribution in [2.75, 3.05) is 6.54 Å². The Kier molecular flexibility index (Phi) is 4.72. The lowest BCUT2D eigenvalue weighted by Gasteiger charge is -2.07. The van der Waals surface area contributed by atoms with Gasteiger partial charge in [0.15, 0.2) is 5.16 Å². The molecule has 2 N–H and O–H groups in total. The normalized spacial score (nSPS) is 11.1. The van der Waals surface area contributed by atoms with E-state index in [0.717, 1.165) is 23.3 Å². The highest BCUT2D eigenvalue weighted by atomic mass is 32.2. The molecule has 0 unspecified atom stereocenters. The molecule has 0 aromatic carbocycles. The zero-order chi connectivity index (χ0) is 12.8. The van der Waals surface area contributed by atoms with Gasteiger partial charge in [0.25, 0.3) is 0 Å². The minimum atomic E-state index is 0.666. The molecule has 0 aliphatic carbocycles. The number of aromatic amines is 1. The molecule has 6 heteroatoms. The number of hydrogen-bond acceptors (Lipinski definition) is 5. The van der Waals surface area contributed by atoms with Gasteiger partial charge in [-0.05, 0) is 35.9 Å². The smallest absolute Gasteiger partial charge is 0.189 e. The van der Waals surface area contributed by atoms with Crippen LogP contribution in [0.5, 0.6) is 0 Å². The third kappa shape index (κ3) is 4.12. The van der Waals surface area contributed by atoms with E-state index in [4.69, 9.17) is 0 Å². The van der Waals surface area contributed by atoms with Gasteiger partial charge in [0.05, 0.1) is 0 Å². The van der Waals surface area contributed by atoms with E-state index in [9.17, 15) is 0 Å². The van der Waals surface area contributed by atoms with Crippen LogP contribution in [-0.4, -0.2) is 26.7 Å². The van der Waals surface area contributed by atoms with Gasteiger partial charge < -0.3 is 5.32 Å². The molecule has 96 valence electrons. The first-order valence-corrected chi connectivity index (χ1v) is 6.74. The maximum absolute atomic E-state index is 4.39. The Morgan fingerprint density at radius 2 is 2.22 bits per heavy atom. The van der Waals surface area contributed by atoms with Crippen LogP contribution in [-0.2, 0) is 6.54 Å². The summed E-state index contributed by atoms with van der Waals surface area (Å²) in [6, 6.07) is 4.08. The number of pyridine rings is 1. The summed E-state index contributed by atoms with van der Waals surface area (Å²) in [5, 5.41) is 11.7. The summed E-state index contributed by atoms with van der Waals surface area (Å²) in [5.41, 5.74) is 1.19. The Balaban J connectivity index is 1.85. The topological polar surface area (TPSA) is 66.5 Å². The number of H-pyrrole nitrogens is 1. The molecule has 2 heterocycles. The standard InChI is InChI=1S/C12H17N5S/c1-9(2)5-13-6-10-3-4-11(14-7-10)18-12-15-8-16-17-12/h3-4,7-9,13H,5-6H2,1-2H3,(H,15,16,17). The number of rotatable bonds is 6. The molecule has 0 atom stereocenters. The van der Waals surface area contributed by atoms with Crippen LogP contribution >= 0.6 is 11.8 Å². The summed E-state index contributed by atoms with van der Waals surface area (Å²) in [6.45, 7) is 6.28. The van der Waals surface area contributed by atoms with Crippen LogP contribution in [0.25, 0.3) is 0 Å². The van der Waals surface area contributed by atoms with E-state index < -0.39 is 0 Å². The molecular weight excluding hydrogens is 246 g/mol. The maximum Gasteiger partial charge on any atom is 0.189 e. The van der Waals surface area contributed by atoms with Crippen LogP contribution in [0.1, 0.15) is 19.4 Å². The lowest BCUT2D eigenvalue weighted by atomic mass is 10.2. The highest BCUT2D eigenvalue weighted by Crippen LogP contribution is 2.21. The quantitative estimate of drug-likeness (QED) is 0.835. The van der Waals surface area contributed by atoms with Crippen molar-refractivity contribution in [2.24, 2.45) is 5.92 Å². The fourth-order valence-corrected chi connectivity index (χ4v) is 2.06. The van der Waals surface area contributed by atoms with Crippen molar-refractivity contribution in [3.05, 3.63) is 30.2 Å². The third-order valence-electron chi connectivity index (χ3n) is 2.27. The second-order valence-corrected chi connectivity index (χ2v) is 5.43. The zero-order valence-electron chi connectivity index (χ0n) is 10.6. The summed E-state index contributed by atoms with van der Waals surface area (Å²) >= 11 is 1.47. The van der Waals surface area contributed by atoms with Crippen molar-refractivity contribution in [1.29, 1.82) is 0 Å². The Labute approximate surface area is 111 Å². The van der Waals surface area contributed by atoms with Crippen molar-refractivity contribution >= 4 is 11.8 Å². The van der Waals surface area contributed by atoms with Crippen LogP contribution in [0.15, 0.2) is 34.8 Å². The summed E-state index contributed by atoms with van der Waals surface area (Å²) in [4.78, 5) is 8.43. The first-order chi connectivity index (χ1) is 8.74. The van der Waals surface area contributed by atoms with Crippen molar-refractivity contribution < 1.29 is 0 Å². The van der Waals surface area contributed by atoms with Gasteiger partial charge in [-0.2, -0.15) is 5.10 Å². The van der Waals surface area contributed by atoms with Gasteiger partial charge in [-0.1, -0.05) is 19.9 Å². The van der Waals surface area contributed by atoms with E-state index in [1.807, 2.05) is 12.3 Å². The van der Waals surface area contributed by atoms with Crippen molar-refractivity contribution in [2.45, 2.75) is 30.6 Å². The SMILES string of the molecule is CC(C)CNCc1ccc(Sc2ncn[nH]2)nc1. The van der Waals surface area contributed by atoms with Crippen LogP contribution in [0.3, 0.4) is 0 Å². The first-order valence-electron chi connectivity index (χ1n) is 5.93. The predicted octanol–water partition coefficient (Wildman–Crippen LogP) is 2.10. The van der Waals surface area contributed by atoms with Crippen LogP contribution in [0, 0.1) is 5.92 Å². The van der Waals surface area contributed by atoms with Crippen LogP contribution in [0.4, 0.5) is 0 Å². The molecule has 2 aromatic heterocycles. The van der Waals surface area contributed by atoms with E-state index in [1.165, 1.54) is 23.7 Å². The van der Waals surface area contributed by atoms with Crippen LogP contribution < -0.4 is 5.32 Å². The van der Waals surface area contributed by atoms with E-state index in [-0.39, 0.29) is 0 Å². The first kappa shape index (κ1) is 13.0. The molecule has 0 bridgehead atoms. The second-order valence-electron chi connectivity index (χ2n) is 4.42. The monoisotopic (exact) mass is 263 g/mol. The molecule has 5 nitrogen and oxygen atoms in total. The fourth-order valence-electron chi connectivity index (χ4n) is 1.42. The Hall–Kier alpha value is -1.40. The van der Waals surface area contributed by atoms with Gasteiger partial charge in [-0.3, -0.25) is 5.10 Å². The largest absolute Gasteiger partial charge is 0.312 e. The summed E-state index contributed by atoms with van der Waals surface area (Å²) < 4.78 is 0. The van der Waals surface area contributed by atoms with Gasteiger partial charge in [-0.15, -0.1) is 0 Å². The van der Waals surface area contributed by atoms with E-state index in [0.29, 0.717) is 5.92 Å². The lowest BCUT2D eigenvalue weighted by Crippen LogP contribution is -2.18. The minimum absolute atomic E-state index is 0.666. The number of aromatic nitrogens is 4. The Bertz CT molecular complexity index is 452. The molecule has 18 heavy (non-hydrogen) atoms. The highest BCUT2D eigenvalue weighted by Gasteiger charge is 2.01. The van der Waals surface area contributed by atoms with E-state index in [2.05, 4.69) is 45.4 Å².